The number of halogens is 1. The van der Waals surface area contributed by atoms with Crippen LogP contribution in [0.3, 0.4) is 0 Å². The number of esters is 1. The van der Waals surface area contributed by atoms with Crippen molar-refractivity contribution in [1.82, 2.24) is 4.57 Å². The lowest BCUT2D eigenvalue weighted by Crippen LogP contribution is -2.32. The average molecular weight is 241 g/mol. The second-order valence-corrected chi connectivity index (χ2v) is 4.13. The summed E-state index contributed by atoms with van der Waals surface area (Å²) in [6.45, 7) is -0.668. The van der Waals surface area contributed by atoms with Gasteiger partial charge in [0.2, 0.25) is 0 Å². The van der Waals surface area contributed by atoms with Crippen LogP contribution >= 0.6 is 0 Å². The Bertz CT molecular complexity index is 519. The minimum absolute atomic E-state index is 0.133. The maximum Gasteiger partial charge on any atom is 0.343 e. The molecule has 1 aliphatic carbocycles. The van der Waals surface area contributed by atoms with Crippen molar-refractivity contribution < 1.29 is 19.0 Å². The number of carbonyl (C=O) groups excluding carboxylic acids is 1. The third-order valence-electron chi connectivity index (χ3n) is 3.02. The molecule has 0 unspecified atom stereocenters. The first-order chi connectivity index (χ1) is 8.04. The quantitative estimate of drug-likeness (QED) is 0.795. The van der Waals surface area contributed by atoms with E-state index in [9.17, 15) is 19.1 Å². The molecule has 1 aliphatic rings. The molecule has 0 radical (unpaired) electrons. The fraction of sp³-hybridized carbons (Fsp3) is 0.455. The smallest absolute Gasteiger partial charge is 0.343 e. The van der Waals surface area contributed by atoms with Crippen molar-refractivity contribution in [2.24, 2.45) is 0 Å². The monoisotopic (exact) mass is 241 g/mol. The Morgan fingerprint density at radius 1 is 1.65 bits per heavy atom. The van der Waals surface area contributed by atoms with Crippen molar-refractivity contribution in [3.8, 4) is 5.75 Å². The number of pyridine rings is 1. The lowest BCUT2D eigenvalue weighted by atomic mass is 10.2. The van der Waals surface area contributed by atoms with Gasteiger partial charge in [0.15, 0.2) is 0 Å². The van der Waals surface area contributed by atoms with E-state index in [1.54, 1.807) is 0 Å². The van der Waals surface area contributed by atoms with Crippen LogP contribution in [0.15, 0.2) is 17.1 Å². The second kappa shape index (κ2) is 3.87. The number of ether oxygens (including phenoxy) is 1. The van der Waals surface area contributed by atoms with Crippen LogP contribution in [0.2, 0.25) is 0 Å². The van der Waals surface area contributed by atoms with Crippen LogP contribution in [0.25, 0.3) is 0 Å². The highest BCUT2D eigenvalue weighted by Gasteiger charge is 2.45. The van der Waals surface area contributed by atoms with Crippen molar-refractivity contribution in [3.05, 3.63) is 28.2 Å². The summed E-state index contributed by atoms with van der Waals surface area (Å²) in [5.74, 6) is -1.21. The Morgan fingerprint density at radius 2 is 2.29 bits per heavy atom. The minimum Gasteiger partial charge on any atom is -0.507 e. The van der Waals surface area contributed by atoms with E-state index in [0.29, 0.717) is 12.8 Å². The number of aromatic hydroxyl groups is 1. The summed E-state index contributed by atoms with van der Waals surface area (Å²) in [5.41, 5.74) is -1.50. The fourth-order valence-corrected chi connectivity index (χ4v) is 1.74. The van der Waals surface area contributed by atoms with Crippen molar-refractivity contribution in [3.63, 3.8) is 0 Å². The molecular weight excluding hydrogens is 229 g/mol. The predicted molar refractivity (Wildman–Crippen MR) is 56.9 cm³/mol. The molecule has 0 bridgehead atoms. The molecule has 6 heteroatoms. The maximum atomic E-state index is 12.9. The molecule has 0 atom stereocenters. The van der Waals surface area contributed by atoms with E-state index in [-0.39, 0.29) is 5.56 Å². The molecule has 92 valence electrons. The molecule has 17 heavy (non-hydrogen) atoms. The number of aromatic nitrogens is 1. The topological polar surface area (TPSA) is 68.5 Å². The SMILES string of the molecule is COC(=O)c1cn(C2(CF)CC2)c(=O)cc1O. The van der Waals surface area contributed by atoms with Gasteiger partial charge in [0.25, 0.3) is 5.56 Å². The zero-order chi connectivity index (χ0) is 12.6. The molecule has 0 amide bonds. The van der Waals surface area contributed by atoms with Gasteiger partial charge in [-0.05, 0) is 12.8 Å². The number of nitrogens with zero attached hydrogens (tertiary/aromatic N) is 1. The van der Waals surface area contributed by atoms with Crippen LogP contribution in [-0.4, -0.2) is 29.4 Å². The molecule has 2 rings (SSSR count). The Labute approximate surface area is 96.4 Å². The van der Waals surface area contributed by atoms with Crippen molar-refractivity contribution in [2.45, 2.75) is 18.4 Å². The fourth-order valence-electron chi connectivity index (χ4n) is 1.74. The molecule has 0 saturated heterocycles. The summed E-state index contributed by atoms with van der Waals surface area (Å²) in [6, 6.07) is 0.905. The number of methoxy groups -OCH3 is 1. The first-order valence-corrected chi connectivity index (χ1v) is 5.14. The average Bonchev–Trinajstić information content (AvgIpc) is 3.09. The van der Waals surface area contributed by atoms with Crippen LogP contribution in [0.5, 0.6) is 5.75 Å². The first-order valence-electron chi connectivity index (χ1n) is 5.14. The third kappa shape index (κ3) is 1.79. The summed E-state index contributed by atoms with van der Waals surface area (Å²) in [6.07, 6.45) is 2.26. The Hall–Kier alpha value is -1.85. The Balaban J connectivity index is 2.54. The van der Waals surface area contributed by atoms with Crippen LogP contribution in [0, 0.1) is 0 Å². The molecular formula is C11H12FNO4. The van der Waals surface area contributed by atoms with Gasteiger partial charge in [0.1, 0.15) is 18.0 Å². The van der Waals surface area contributed by atoms with Gasteiger partial charge in [-0.2, -0.15) is 0 Å². The van der Waals surface area contributed by atoms with E-state index in [0.717, 1.165) is 12.3 Å². The Kier molecular flexibility index (Phi) is 2.65. The predicted octanol–water partition coefficient (Wildman–Crippen LogP) is 0.799. The summed E-state index contributed by atoms with van der Waals surface area (Å²) >= 11 is 0. The lowest BCUT2D eigenvalue weighted by Gasteiger charge is -2.16. The van der Waals surface area contributed by atoms with Gasteiger partial charge in [0.05, 0.1) is 12.6 Å². The number of hydrogen-bond acceptors (Lipinski definition) is 4. The molecule has 5 nitrogen and oxygen atoms in total. The van der Waals surface area contributed by atoms with Crippen molar-refractivity contribution >= 4 is 5.97 Å². The molecule has 0 spiro atoms. The van der Waals surface area contributed by atoms with Crippen LogP contribution in [0.4, 0.5) is 4.39 Å². The molecule has 1 aromatic rings. The molecule has 0 aliphatic heterocycles. The molecule has 1 saturated carbocycles. The normalized spacial score (nSPS) is 16.6. The van der Waals surface area contributed by atoms with E-state index in [1.807, 2.05) is 0 Å². The summed E-state index contributed by atoms with van der Waals surface area (Å²) in [7, 11) is 1.17. The van der Waals surface area contributed by atoms with Crippen LogP contribution < -0.4 is 5.56 Å². The highest BCUT2D eigenvalue weighted by Crippen LogP contribution is 2.43. The third-order valence-corrected chi connectivity index (χ3v) is 3.02. The number of rotatable bonds is 3. The summed E-state index contributed by atoms with van der Waals surface area (Å²) < 4.78 is 18.5. The van der Waals surface area contributed by atoms with E-state index >= 15 is 0 Å². The van der Waals surface area contributed by atoms with Gasteiger partial charge in [0, 0.05) is 12.3 Å². The highest BCUT2D eigenvalue weighted by atomic mass is 19.1. The van der Waals surface area contributed by atoms with Gasteiger partial charge >= 0.3 is 5.97 Å². The molecule has 1 heterocycles. The van der Waals surface area contributed by atoms with Crippen LogP contribution in [-0.2, 0) is 10.3 Å². The molecule has 1 aromatic heterocycles. The van der Waals surface area contributed by atoms with Gasteiger partial charge in [-0.25, -0.2) is 9.18 Å². The molecule has 1 N–H and O–H groups in total. The van der Waals surface area contributed by atoms with Gasteiger partial charge in [-0.3, -0.25) is 4.79 Å². The largest absolute Gasteiger partial charge is 0.507 e. The number of hydrogen-bond donors (Lipinski definition) is 1. The summed E-state index contributed by atoms with van der Waals surface area (Å²) in [5, 5.41) is 9.47. The first kappa shape index (κ1) is 11.6. The van der Waals surface area contributed by atoms with E-state index < -0.39 is 29.5 Å². The van der Waals surface area contributed by atoms with Crippen molar-refractivity contribution in [2.75, 3.05) is 13.8 Å². The zero-order valence-electron chi connectivity index (χ0n) is 9.27. The summed E-state index contributed by atoms with van der Waals surface area (Å²) in [4.78, 5) is 23.0. The van der Waals surface area contributed by atoms with E-state index in [1.165, 1.54) is 11.7 Å². The van der Waals surface area contributed by atoms with Gasteiger partial charge in [-0.1, -0.05) is 0 Å². The zero-order valence-corrected chi connectivity index (χ0v) is 9.27. The van der Waals surface area contributed by atoms with Crippen LogP contribution in [0.1, 0.15) is 23.2 Å². The standard InChI is InChI=1S/C11H12FNO4/c1-17-10(16)7-5-13(9(15)4-8(7)14)11(6-12)2-3-11/h4-5,14H,2-3,6H2,1H3. The van der Waals surface area contributed by atoms with Crippen molar-refractivity contribution in [1.29, 1.82) is 0 Å². The molecule has 1 fully saturated rings. The lowest BCUT2D eigenvalue weighted by molar-refractivity contribution is 0.0595. The minimum atomic E-state index is -0.840. The van der Waals surface area contributed by atoms with E-state index in [2.05, 4.69) is 4.74 Å². The Morgan fingerprint density at radius 3 is 2.76 bits per heavy atom. The van der Waals surface area contributed by atoms with Gasteiger partial charge in [-0.15, -0.1) is 0 Å². The highest BCUT2D eigenvalue weighted by molar-refractivity contribution is 5.91. The number of alkyl halides is 1. The number of carbonyl (C=O) groups is 1. The van der Waals surface area contributed by atoms with E-state index in [4.69, 9.17) is 0 Å². The van der Waals surface area contributed by atoms with Gasteiger partial charge < -0.3 is 14.4 Å². The second-order valence-electron chi connectivity index (χ2n) is 4.13. The maximum absolute atomic E-state index is 12.9. The molecule has 0 aromatic carbocycles.